The van der Waals surface area contributed by atoms with Gasteiger partial charge in [0.25, 0.3) is 0 Å². The second-order valence-electron chi connectivity index (χ2n) is 3.64. The number of hydrogen-bond acceptors (Lipinski definition) is 3. The molecule has 0 aliphatic rings. The quantitative estimate of drug-likeness (QED) is 0.912. The maximum atomic E-state index is 5.47. The Labute approximate surface area is 116 Å². The summed E-state index contributed by atoms with van der Waals surface area (Å²) < 4.78 is 3.77. The highest BCUT2D eigenvalue weighted by atomic mass is 79.9. The number of nitrogens with zero attached hydrogens (tertiary/aromatic N) is 3. The largest absolute Gasteiger partial charge is 0.330 e. The van der Waals surface area contributed by atoms with Crippen LogP contribution in [0.25, 0.3) is 5.69 Å². The summed E-state index contributed by atoms with van der Waals surface area (Å²) in [5.74, 6) is 0. The summed E-state index contributed by atoms with van der Waals surface area (Å²) in [6.45, 7) is 0.675. The fourth-order valence-corrected chi connectivity index (χ4v) is 2.71. The predicted molar refractivity (Wildman–Crippen MR) is 74.1 cm³/mol. The molecule has 0 spiro atoms. The molecule has 0 saturated carbocycles. The normalized spacial score (nSPS) is 10.8. The van der Waals surface area contributed by atoms with Crippen molar-refractivity contribution in [3.05, 3.63) is 39.0 Å². The Morgan fingerprint density at radius 3 is 2.82 bits per heavy atom. The van der Waals surface area contributed by atoms with E-state index in [2.05, 4.69) is 42.2 Å². The summed E-state index contributed by atoms with van der Waals surface area (Å²) in [4.78, 5) is 0. The van der Waals surface area contributed by atoms with Crippen molar-refractivity contribution < 1.29 is 0 Å². The average molecular weight is 360 g/mol. The third kappa shape index (κ3) is 3.14. The molecular weight excluding hydrogens is 348 g/mol. The van der Waals surface area contributed by atoms with Crippen LogP contribution in [0.2, 0.25) is 0 Å². The summed E-state index contributed by atoms with van der Waals surface area (Å²) in [6, 6.07) is 5.94. The van der Waals surface area contributed by atoms with Gasteiger partial charge in [0.2, 0.25) is 0 Å². The molecule has 0 radical (unpaired) electrons. The molecule has 2 rings (SSSR count). The topological polar surface area (TPSA) is 56.7 Å². The van der Waals surface area contributed by atoms with Crippen LogP contribution in [0.5, 0.6) is 0 Å². The molecule has 4 nitrogen and oxygen atoms in total. The van der Waals surface area contributed by atoms with Gasteiger partial charge in [-0.15, -0.1) is 5.10 Å². The van der Waals surface area contributed by atoms with E-state index in [4.69, 9.17) is 5.73 Å². The van der Waals surface area contributed by atoms with Gasteiger partial charge in [-0.3, -0.25) is 0 Å². The summed E-state index contributed by atoms with van der Waals surface area (Å²) in [5.41, 5.74) is 7.40. The van der Waals surface area contributed by atoms with Crippen LogP contribution >= 0.6 is 31.9 Å². The second kappa shape index (κ2) is 5.75. The van der Waals surface area contributed by atoms with Gasteiger partial charge in [-0.05, 0) is 53.5 Å². The highest BCUT2D eigenvalue weighted by Gasteiger charge is 2.06. The van der Waals surface area contributed by atoms with E-state index < -0.39 is 0 Å². The first kappa shape index (κ1) is 12.7. The Balaban J connectivity index is 2.24. The molecular formula is C11H12Br2N4. The van der Waals surface area contributed by atoms with Crippen molar-refractivity contribution in [2.45, 2.75) is 12.8 Å². The highest BCUT2D eigenvalue weighted by Crippen LogP contribution is 2.24. The zero-order valence-corrected chi connectivity index (χ0v) is 12.3. The minimum absolute atomic E-state index is 0.675. The average Bonchev–Trinajstić information content (AvgIpc) is 2.75. The summed E-state index contributed by atoms with van der Waals surface area (Å²) in [7, 11) is 0. The van der Waals surface area contributed by atoms with Gasteiger partial charge in [0.15, 0.2) is 0 Å². The fourth-order valence-electron chi connectivity index (χ4n) is 1.48. The van der Waals surface area contributed by atoms with Crippen LogP contribution in [0.4, 0.5) is 0 Å². The monoisotopic (exact) mass is 358 g/mol. The maximum Gasteiger partial charge on any atom is 0.0832 e. The molecule has 6 heteroatoms. The molecule has 0 atom stereocenters. The SMILES string of the molecule is NCCCc1cn(-c2ccc(Br)cc2Br)nn1. The van der Waals surface area contributed by atoms with E-state index >= 15 is 0 Å². The zero-order valence-electron chi connectivity index (χ0n) is 9.11. The van der Waals surface area contributed by atoms with Gasteiger partial charge in [0.1, 0.15) is 0 Å². The van der Waals surface area contributed by atoms with Crippen LogP contribution in [0, 0.1) is 0 Å². The molecule has 2 N–H and O–H groups in total. The van der Waals surface area contributed by atoms with E-state index in [-0.39, 0.29) is 0 Å². The van der Waals surface area contributed by atoms with Crippen LogP contribution in [-0.4, -0.2) is 21.5 Å². The molecule has 0 unspecified atom stereocenters. The lowest BCUT2D eigenvalue weighted by atomic mass is 10.2. The van der Waals surface area contributed by atoms with Crippen molar-refractivity contribution in [2.75, 3.05) is 6.54 Å². The van der Waals surface area contributed by atoms with Gasteiger partial charge in [0, 0.05) is 8.95 Å². The number of halogens is 2. The van der Waals surface area contributed by atoms with Crippen molar-refractivity contribution in [1.82, 2.24) is 15.0 Å². The summed E-state index contributed by atoms with van der Waals surface area (Å²) in [5, 5.41) is 8.23. The third-order valence-electron chi connectivity index (χ3n) is 2.33. The van der Waals surface area contributed by atoms with Crippen LogP contribution in [0.1, 0.15) is 12.1 Å². The molecule has 0 bridgehead atoms. The lowest BCUT2D eigenvalue weighted by Crippen LogP contribution is -2.00. The van der Waals surface area contributed by atoms with Crippen LogP contribution in [-0.2, 0) is 6.42 Å². The fraction of sp³-hybridized carbons (Fsp3) is 0.273. The van der Waals surface area contributed by atoms with Crippen molar-refractivity contribution in [3.8, 4) is 5.69 Å². The zero-order chi connectivity index (χ0) is 12.3. The van der Waals surface area contributed by atoms with Crippen molar-refractivity contribution in [2.24, 2.45) is 5.73 Å². The number of nitrogens with two attached hydrogens (primary N) is 1. The maximum absolute atomic E-state index is 5.47. The first-order valence-electron chi connectivity index (χ1n) is 5.27. The molecule has 17 heavy (non-hydrogen) atoms. The van der Waals surface area contributed by atoms with Gasteiger partial charge in [-0.1, -0.05) is 21.1 Å². The lowest BCUT2D eigenvalue weighted by molar-refractivity contribution is 0.777. The van der Waals surface area contributed by atoms with Crippen molar-refractivity contribution in [1.29, 1.82) is 0 Å². The van der Waals surface area contributed by atoms with Crippen molar-refractivity contribution in [3.63, 3.8) is 0 Å². The minimum Gasteiger partial charge on any atom is -0.330 e. The van der Waals surface area contributed by atoms with Gasteiger partial charge in [-0.2, -0.15) is 0 Å². The van der Waals surface area contributed by atoms with Crippen LogP contribution < -0.4 is 5.73 Å². The van der Waals surface area contributed by atoms with E-state index in [0.29, 0.717) is 6.54 Å². The third-order valence-corrected chi connectivity index (χ3v) is 3.46. The highest BCUT2D eigenvalue weighted by molar-refractivity contribution is 9.11. The number of aryl methyl sites for hydroxylation is 1. The standard InChI is InChI=1S/C11H12Br2N4/c12-8-3-4-11(10(13)6-8)17-7-9(15-16-17)2-1-5-14/h3-4,6-7H,1-2,5,14H2. The molecule has 0 aliphatic heterocycles. The predicted octanol–water partition coefficient (Wildman–Crippen LogP) is 2.68. The first-order chi connectivity index (χ1) is 8.20. The first-order valence-corrected chi connectivity index (χ1v) is 6.86. The van der Waals surface area contributed by atoms with Crippen molar-refractivity contribution >= 4 is 31.9 Å². The van der Waals surface area contributed by atoms with Crippen LogP contribution in [0.3, 0.4) is 0 Å². The van der Waals surface area contributed by atoms with Gasteiger partial charge in [0.05, 0.1) is 17.6 Å². The van der Waals surface area contributed by atoms with E-state index in [1.807, 2.05) is 24.4 Å². The van der Waals surface area contributed by atoms with Gasteiger partial charge in [-0.25, -0.2) is 4.68 Å². The Morgan fingerprint density at radius 2 is 2.12 bits per heavy atom. The molecule has 0 amide bonds. The van der Waals surface area contributed by atoms with E-state index in [1.54, 1.807) is 4.68 Å². The minimum atomic E-state index is 0.675. The van der Waals surface area contributed by atoms with Gasteiger partial charge < -0.3 is 5.73 Å². The molecule has 1 aromatic heterocycles. The van der Waals surface area contributed by atoms with E-state index in [9.17, 15) is 0 Å². The smallest absolute Gasteiger partial charge is 0.0832 e. The summed E-state index contributed by atoms with van der Waals surface area (Å²) >= 11 is 6.93. The molecule has 0 aliphatic carbocycles. The van der Waals surface area contributed by atoms with Crippen LogP contribution in [0.15, 0.2) is 33.3 Å². The number of benzene rings is 1. The Morgan fingerprint density at radius 1 is 1.29 bits per heavy atom. The van der Waals surface area contributed by atoms with E-state index in [1.165, 1.54) is 0 Å². The van der Waals surface area contributed by atoms with Gasteiger partial charge >= 0.3 is 0 Å². The van der Waals surface area contributed by atoms with E-state index in [0.717, 1.165) is 33.2 Å². The lowest BCUT2D eigenvalue weighted by Gasteiger charge is -2.03. The Kier molecular flexibility index (Phi) is 4.31. The molecule has 90 valence electrons. The second-order valence-corrected chi connectivity index (χ2v) is 5.41. The number of hydrogen-bond donors (Lipinski definition) is 1. The Bertz CT molecular complexity index is 510. The number of rotatable bonds is 4. The molecule has 1 aromatic carbocycles. The molecule has 1 heterocycles. The molecule has 2 aromatic rings. The molecule has 0 fully saturated rings. The number of aromatic nitrogens is 3. The summed E-state index contributed by atoms with van der Waals surface area (Å²) in [6.07, 6.45) is 3.73. The Hall–Kier alpha value is -0.720. The molecule has 0 saturated heterocycles.